The molecule has 0 aromatic carbocycles. The van der Waals surface area contributed by atoms with Gasteiger partial charge in [0.2, 0.25) is 0 Å². The Labute approximate surface area is 424 Å². The predicted octanol–water partition coefficient (Wildman–Crippen LogP) is 17.3. The van der Waals surface area contributed by atoms with Crippen LogP contribution < -0.4 is 0 Å². The van der Waals surface area contributed by atoms with Crippen LogP contribution in [0.1, 0.15) is 252 Å². The molecule has 0 aromatic rings. The summed E-state index contributed by atoms with van der Waals surface area (Å²) in [5.74, 6) is -23.8. The van der Waals surface area contributed by atoms with Gasteiger partial charge < -0.3 is 19.3 Å². The lowest BCUT2D eigenvalue weighted by Crippen LogP contribution is -2.66. The van der Waals surface area contributed by atoms with Gasteiger partial charge in [-0.3, -0.25) is 14.4 Å². The molecule has 0 saturated heterocycles. The van der Waals surface area contributed by atoms with E-state index in [1.807, 2.05) is 0 Å². The van der Waals surface area contributed by atoms with Crippen LogP contribution in [0.2, 0.25) is 0 Å². The van der Waals surface area contributed by atoms with Gasteiger partial charge in [-0.25, -0.2) is 0 Å². The Morgan fingerprint density at radius 2 is 0.732 bits per heavy atom. The molecule has 0 aliphatic rings. The van der Waals surface area contributed by atoms with Crippen LogP contribution in [0.3, 0.4) is 0 Å². The average molecular weight is 1040 g/mol. The first-order chi connectivity index (χ1) is 33.6. The van der Waals surface area contributed by atoms with Crippen LogP contribution in [0.15, 0.2) is 0 Å². The molecule has 2 unspecified atom stereocenters. The van der Waals surface area contributed by atoms with E-state index in [2.05, 4.69) is 27.7 Å². The molecule has 1 amide bonds. The standard InChI is InChI=1S/C55H99F9N2O5/c1-7-11-15-19-21-27-36-46(34-25-17-13-9-3)44-70-49(67)40-31-23-29-38-48(66(43-33-42-65(5)6)51(69)52(56,57)53(58,59)54(60,61)55(62,63)64)39-30-24-32-41-50(68)71-45-47(35-26-18-14-10-4)37-28-22-20-16-12-8-2/h46-48H,7-45H2,1-6H3. The molecule has 0 fully saturated rings. The first-order valence-electron chi connectivity index (χ1n) is 28.1. The van der Waals surface area contributed by atoms with Crippen molar-refractivity contribution >= 4 is 17.8 Å². The second-order valence-electron chi connectivity index (χ2n) is 20.6. The fraction of sp³-hybridized carbons (Fsp3) is 0.945. The molecule has 422 valence electrons. The van der Waals surface area contributed by atoms with Gasteiger partial charge in [0.15, 0.2) is 0 Å². The maximum Gasteiger partial charge on any atom is 0.460 e. The largest absolute Gasteiger partial charge is 0.465 e. The normalized spacial score (nSPS) is 13.9. The number of esters is 2. The quantitative estimate of drug-likeness (QED) is 0.0343. The van der Waals surface area contributed by atoms with Gasteiger partial charge in [0.25, 0.3) is 5.91 Å². The molecule has 0 heterocycles. The van der Waals surface area contributed by atoms with Gasteiger partial charge in [0.05, 0.1) is 13.2 Å². The fourth-order valence-electron chi connectivity index (χ4n) is 9.14. The Balaban J connectivity index is 5.94. The van der Waals surface area contributed by atoms with Gasteiger partial charge in [-0.05, 0) is 90.3 Å². The number of ether oxygens (including phenoxy) is 2. The highest BCUT2D eigenvalue weighted by Crippen LogP contribution is 2.53. The predicted molar refractivity (Wildman–Crippen MR) is 268 cm³/mol. The highest BCUT2D eigenvalue weighted by Gasteiger charge is 2.84. The molecule has 0 N–H and O–H groups in total. The molecule has 0 bridgehead atoms. The van der Waals surface area contributed by atoms with Crippen LogP contribution in [-0.2, 0) is 23.9 Å². The molecule has 0 aliphatic heterocycles. The number of hydrogen-bond donors (Lipinski definition) is 0. The maximum atomic E-state index is 15.4. The lowest BCUT2D eigenvalue weighted by Gasteiger charge is -2.39. The number of carbonyl (C=O) groups excluding carboxylic acids is 3. The summed E-state index contributed by atoms with van der Waals surface area (Å²) in [7, 11) is 3.25. The average Bonchev–Trinajstić information content (AvgIpc) is 3.31. The summed E-state index contributed by atoms with van der Waals surface area (Å²) < 4.78 is 139. The zero-order valence-electron chi connectivity index (χ0n) is 45.1. The minimum absolute atomic E-state index is 0.0568. The lowest BCUT2D eigenvalue weighted by atomic mass is 9.95. The molecule has 0 spiro atoms. The van der Waals surface area contributed by atoms with Crippen molar-refractivity contribution in [1.82, 2.24) is 9.80 Å². The molecule has 0 rings (SSSR count). The smallest absolute Gasteiger partial charge is 0.460 e. The number of alkyl halides is 9. The van der Waals surface area contributed by atoms with E-state index in [0.29, 0.717) is 43.8 Å². The van der Waals surface area contributed by atoms with Crippen LogP contribution in [0.4, 0.5) is 39.5 Å². The first-order valence-corrected chi connectivity index (χ1v) is 28.1. The summed E-state index contributed by atoms with van der Waals surface area (Å²) in [6.45, 7) is 8.83. The number of amides is 1. The second kappa shape index (κ2) is 40.1. The summed E-state index contributed by atoms with van der Waals surface area (Å²) in [6, 6.07) is -1.24. The first kappa shape index (κ1) is 68.7. The number of carbonyl (C=O) groups is 3. The zero-order valence-corrected chi connectivity index (χ0v) is 45.1. The lowest BCUT2D eigenvalue weighted by molar-refractivity contribution is -0.389. The van der Waals surface area contributed by atoms with Crippen molar-refractivity contribution in [3.05, 3.63) is 0 Å². The van der Waals surface area contributed by atoms with Crippen molar-refractivity contribution in [2.24, 2.45) is 11.8 Å². The van der Waals surface area contributed by atoms with E-state index < -0.39 is 54.4 Å². The summed E-state index contributed by atoms with van der Waals surface area (Å²) >= 11 is 0. The molecule has 2 atom stereocenters. The van der Waals surface area contributed by atoms with E-state index in [9.17, 15) is 45.1 Å². The van der Waals surface area contributed by atoms with Crippen molar-refractivity contribution < 1.29 is 63.4 Å². The van der Waals surface area contributed by atoms with Crippen LogP contribution in [0.25, 0.3) is 0 Å². The molecule has 16 heteroatoms. The Bertz CT molecular complexity index is 1280. The monoisotopic (exact) mass is 1040 g/mol. The van der Waals surface area contributed by atoms with Gasteiger partial charge in [-0.2, -0.15) is 39.5 Å². The Morgan fingerprint density at radius 1 is 0.408 bits per heavy atom. The van der Waals surface area contributed by atoms with Crippen LogP contribution in [0.5, 0.6) is 0 Å². The van der Waals surface area contributed by atoms with Gasteiger partial charge in [0, 0.05) is 25.4 Å². The molecule has 71 heavy (non-hydrogen) atoms. The third kappa shape index (κ3) is 30.0. The van der Waals surface area contributed by atoms with Gasteiger partial charge in [0.1, 0.15) is 0 Å². The number of rotatable bonds is 48. The molecule has 0 aliphatic carbocycles. The summed E-state index contributed by atoms with van der Waals surface area (Å²) in [6.07, 6.45) is 21.3. The summed E-state index contributed by atoms with van der Waals surface area (Å²) in [5.41, 5.74) is 0. The van der Waals surface area contributed by atoms with Crippen molar-refractivity contribution in [3.63, 3.8) is 0 Å². The van der Waals surface area contributed by atoms with E-state index in [0.717, 1.165) is 103 Å². The van der Waals surface area contributed by atoms with E-state index in [-0.39, 0.29) is 63.3 Å². The maximum absolute atomic E-state index is 15.4. The highest BCUT2D eigenvalue weighted by molar-refractivity contribution is 5.85. The minimum Gasteiger partial charge on any atom is -0.465 e. The summed E-state index contributed by atoms with van der Waals surface area (Å²) in [4.78, 5) is 41.1. The minimum atomic E-state index is -7.21. The van der Waals surface area contributed by atoms with Crippen molar-refractivity contribution in [3.8, 4) is 0 Å². The fourth-order valence-corrected chi connectivity index (χ4v) is 9.14. The molecular formula is C55H99F9N2O5. The zero-order chi connectivity index (χ0) is 53.6. The number of unbranched alkanes of at least 4 members (excludes halogenated alkanes) is 20. The molecule has 0 aromatic heterocycles. The van der Waals surface area contributed by atoms with Crippen LogP contribution >= 0.6 is 0 Å². The second-order valence-corrected chi connectivity index (χ2v) is 20.6. The third-order valence-electron chi connectivity index (χ3n) is 13.8. The molecule has 7 nitrogen and oxygen atoms in total. The number of hydrogen-bond acceptors (Lipinski definition) is 6. The van der Waals surface area contributed by atoms with Gasteiger partial charge in [-0.1, -0.05) is 182 Å². The Morgan fingerprint density at radius 3 is 1.08 bits per heavy atom. The topological polar surface area (TPSA) is 76.2 Å². The number of halogens is 9. The third-order valence-corrected chi connectivity index (χ3v) is 13.8. The number of nitrogens with zero attached hydrogens (tertiary/aromatic N) is 2. The van der Waals surface area contributed by atoms with Crippen molar-refractivity contribution in [2.45, 2.75) is 282 Å². The highest BCUT2D eigenvalue weighted by atomic mass is 19.4. The van der Waals surface area contributed by atoms with E-state index >= 15 is 8.78 Å². The van der Waals surface area contributed by atoms with Crippen molar-refractivity contribution in [2.75, 3.05) is 40.4 Å². The van der Waals surface area contributed by atoms with Gasteiger partial charge in [-0.15, -0.1) is 0 Å². The Kier molecular flexibility index (Phi) is 38.8. The van der Waals surface area contributed by atoms with E-state index in [1.165, 1.54) is 51.4 Å². The summed E-state index contributed by atoms with van der Waals surface area (Å²) in [5, 5.41) is 0. The Hall–Kier alpha value is -2.26. The SMILES string of the molecule is CCCCCCCCC(CCCCCC)COC(=O)CCCCCC(CCCCCC(=O)OCC(CCCCCC)CCCCCCCC)N(CCCN(C)C)C(=O)C(F)(F)C(F)(F)C(F)(F)C(F)(F)F. The molecule has 0 radical (unpaired) electrons. The van der Waals surface area contributed by atoms with Crippen LogP contribution in [-0.4, -0.2) is 98.0 Å². The molecular weight excluding hydrogens is 940 g/mol. The van der Waals surface area contributed by atoms with E-state index in [4.69, 9.17) is 9.47 Å². The van der Waals surface area contributed by atoms with E-state index in [1.54, 1.807) is 19.0 Å². The molecule has 0 saturated carbocycles. The van der Waals surface area contributed by atoms with Crippen molar-refractivity contribution in [1.29, 1.82) is 0 Å². The van der Waals surface area contributed by atoms with Gasteiger partial charge >= 0.3 is 35.9 Å². The van der Waals surface area contributed by atoms with Crippen LogP contribution in [0, 0.1) is 11.8 Å².